The Morgan fingerprint density at radius 1 is 0.583 bits per heavy atom. The maximum Gasteiger partial charge on any atom is 0.248 e. The first-order valence-electron chi connectivity index (χ1n) is 11.0. The lowest BCUT2D eigenvalue weighted by Crippen LogP contribution is -1.92. The molecular weight excluding hydrogens is 653 g/mol. The third-order valence-electron chi connectivity index (χ3n) is 3.65. The molecule has 0 radical (unpaired) electrons. The van der Waals surface area contributed by atoms with Gasteiger partial charge in [-0.3, -0.25) is 0 Å². The highest BCUT2D eigenvalue weighted by molar-refractivity contribution is 8.70. The smallest absolute Gasteiger partial charge is 0.248 e. The van der Waals surface area contributed by atoms with Crippen LogP contribution < -0.4 is 0 Å². The van der Waals surface area contributed by atoms with Crippen molar-refractivity contribution in [3.05, 3.63) is 58.6 Å². The minimum Gasteiger partial charge on any atom is -0.322 e. The van der Waals surface area contributed by atoms with Crippen LogP contribution in [0.2, 0.25) is 10.0 Å². The van der Waals surface area contributed by atoms with Crippen LogP contribution in [0.4, 0.5) is 0 Å². The van der Waals surface area contributed by atoms with Gasteiger partial charge in [0.05, 0.1) is 36.6 Å². The summed E-state index contributed by atoms with van der Waals surface area (Å²) >= 11 is 29.1. The zero-order chi connectivity index (χ0) is 26.9. The molecule has 4 nitrogen and oxygen atoms in total. The number of halogens is 2. The van der Waals surface area contributed by atoms with E-state index < -0.39 is 11.4 Å². The Hall–Kier alpha value is 1.56. The highest BCUT2D eigenvalue weighted by atomic mass is 35.5. The number of hydrogen-bond donors (Lipinski definition) is 0. The molecule has 0 saturated carbocycles. The van der Waals surface area contributed by atoms with Gasteiger partial charge in [0.1, 0.15) is 0 Å². The highest BCUT2D eigenvalue weighted by Crippen LogP contribution is 2.62. The van der Waals surface area contributed by atoms with Gasteiger partial charge in [-0.25, -0.2) is 0 Å². The molecule has 2 aromatic rings. The van der Waals surface area contributed by atoms with Gasteiger partial charge >= 0.3 is 0 Å². The van der Waals surface area contributed by atoms with Gasteiger partial charge in [0.15, 0.2) is 0 Å². The molecule has 2 rings (SSSR count). The van der Waals surface area contributed by atoms with Gasteiger partial charge < -0.3 is 18.1 Å². The summed E-state index contributed by atoms with van der Waals surface area (Å²) in [6.45, 7) is 10.1. The van der Waals surface area contributed by atoms with Crippen molar-refractivity contribution in [3.63, 3.8) is 0 Å². The van der Waals surface area contributed by atoms with E-state index in [1.807, 2.05) is 76.2 Å². The van der Waals surface area contributed by atoms with Gasteiger partial charge in [0.2, 0.25) is 11.4 Å². The molecule has 0 amide bonds. The van der Waals surface area contributed by atoms with Gasteiger partial charge in [-0.15, -0.1) is 23.5 Å². The summed E-state index contributed by atoms with van der Waals surface area (Å²) in [4.78, 5) is 2.34. The minimum absolute atomic E-state index is 0.593. The molecule has 0 spiro atoms. The lowest BCUT2D eigenvalue weighted by atomic mass is 10.4. The summed E-state index contributed by atoms with van der Waals surface area (Å²) in [5.74, 6) is 0. The highest BCUT2D eigenvalue weighted by Gasteiger charge is 2.19. The fourth-order valence-corrected chi connectivity index (χ4v) is 16.4. The third kappa shape index (κ3) is 16.0. The first-order chi connectivity index (χ1) is 17.2. The van der Waals surface area contributed by atoms with Crippen molar-refractivity contribution in [2.75, 3.05) is 36.6 Å². The van der Waals surface area contributed by atoms with E-state index in [1.165, 1.54) is 9.79 Å². The topological polar surface area (TPSA) is 36.9 Å². The molecule has 204 valence electrons. The molecule has 0 atom stereocenters. The zero-order valence-electron chi connectivity index (χ0n) is 20.6. The van der Waals surface area contributed by atoms with E-state index in [1.54, 1.807) is 46.3 Å². The molecule has 36 heavy (non-hydrogen) atoms. The molecule has 0 aliphatic heterocycles. The van der Waals surface area contributed by atoms with Crippen molar-refractivity contribution >= 4 is 104 Å². The molecule has 14 heteroatoms. The number of thioether (sulfide) groups is 2. The van der Waals surface area contributed by atoms with Crippen LogP contribution in [-0.4, -0.2) is 36.6 Å². The second-order valence-corrected chi connectivity index (χ2v) is 22.6. The Morgan fingerprint density at radius 2 is 0.861 bits per heavy atom. The molecule has 0 aliphatic carbocycles. The fourth-order valence-electron chi connectivity index (χ4n) is 2.24. The minimum atomic E-state index is -2.16. The van der Waals surface area contributed by atoms with E-state index in [2.05, 4.69) is 0 Å². The van der Waals surface area contributed by atoms with Crippen molar-refractivity contribution in [1.82, 2.24) is 0 Å². The molecule has 0 bridgehead atoms. The molecule has 0 unspecified atom stereocenters. The van der Waals surface area contributed by atoms with E-state index in [0.717, 1.165) is 20.2 Å². The summed E-state index contributed by atoms with van der Waals surface area (Å²) in [6.07, 6.45) is 0. The SMILES string of the molecule is CCOP(=S)(OCC)SCSc1ccc(Cl)cc1.CCOP(=S)(OCC)SCSc1ccc(Cl)cc1. The lowest BCUT2D eigenvalue weighted by molar-refractivity contribution is 0.280. The fraction of sp³-hybridized carbons (Fsp3) is 0.455. The second-order valence-electron chi connectivity index (χ2n) is 6.26. The van der Waals surface area contributed by atoms with Gasteiger partial charge in [0.25, 0.3) is 0 Å². The predicted octanol–water partition coefficient (Wildman–Crippen LogP) is 10.8. The average Bonchev–Trinajstić information content (AvgIpc) is 2.83. The first-order valence-corrected chi connectivity index (χ1v) is 22.2. The Labute approximate surface area is 253 Å². The van der Waals surface area contributed by atoms with E-state index in [-0.39, 0.29) is 0 Å². The normalized spacial score (nSPS) is 11.7. The van der Waals surface area contributed by atoms with Gasteiger partial charge in [-0.1, -0.05) is 46.0 Å². The Kier molecular flexibility index (Phi) is 20.2. The van der Waals surface area contributed by atoms with Crippen molar-refractivity contribution in [2.24, 2.45) is 0 Å². The Morgan fingerprint density at radius 3 is 1.11 bits per heavy atom. The summed E-state index contributed by atoms with van der Waals surface area (Å²) < 4.78 is 22.2. The van der Waals surface area contributed by atoms with Crippen LogP contribution in [0, 0.1) is 0 Å². The summed E-state index contributed by atoms with van der Waals surface area (Å²) in [5.41, 5.74) is -4.33. The van der Waals surface area contributed by atoms with Crippen LogP contribution >= 0.6 is 80.9 Å². The van der Waals surface area contributed by atoms with Crippen molar-refractivity contribution in [3.8, 4) is 0 Å². The van der Waals surface area contributed by atoms with Crippen molar-refractivity contribution < 1.29 is 18.1 Å². The van der Waals surface area contributed by atoms with Crippen LogP contribution in [0.1, 0.15) is 27.7 Å². The van der Waals surface area contributed by atoms with Crippen LogP contribution in [-0.2, 0) is 41.7 Å². The molecule has 0 aliphatic rings. The lowest BCUT2D eigenvalue weighted by Gasteiger charge is -2.19. The third-order valence-corrected chi connectivity index (χ3v) is 18.3. The van der Waals surface area contributed by atoms with E-state index in [0.29, 0.717) is 26.4 Å². The summed E-state index contributed by atoms with van der Waals surface area (Å²) in [7, 11) is 0. The molecule has 0 saturated heterocycles. The largest absolute Gasteiger partial charge is 0.322 e. The van der Waals surface area contributed by atoms with Gasteiger partial charge in [-0.05, 0) is 99.8 Å². The second kappa shape index (κ2) is 20.4. The first kappa shape index (κ1) is 35.6. The van der Waals surface area contributed by atoms with E-state index in [9.17, 15) is 0 Å². The maximum atomic E-state index is 5.84. The molecule has 2 aromatic carbocycles. The molecule has 0 heterocycles. The number of rotatable bonds is 16. The van der Waals surface area contributed by atoms with Crippen LogP contribution in [0.5, 0.6) is 0 Å². The molecule has 0 fully saturated rings. The number of hydrogen-bond acceptors (Lipinski definition) is 10. The molecular formula is C22H32Cl2O4P2S6. The molecule has 0 aromatic heterocycles. The maximum absolute atomic E-state index is 5.84. The Bertz CT molecular complexity index is 857. The Balaban J connectivity index is 0.000000360. The quantitative estimate of drug-likeness (QED) is 0.0968. The van der Waals surface area contributed by atoms with Crippen LogP contribution in [0.25, 0.3) is 0 Å². The zero-order valence-corrected chi connectivity index (χ0v) is 28.8. The van der Waals surface area contributed by atoms with Crippen LogP contribution in [0.15, 0.2) is 58.3 Å². The van der Waals surface area contributed by atoms with Crippen molar-refractivity contribution in [2.45, 2.75) is 37.5 Å². The summed E-state index contributed by atoms with van der Waals surface area (Å²) in [5, 5.41) is 3.14. The average molecular weight is 686 g/mol. The van der Waals surface area contributed by atoms with E-state index in [4.69, 9.17) is 64.9 Å². The van der Waals surface area contributed by atoms with Crippen LogP contribution in [0.3, 0.4) is 0 Å². The van der Waals surface area contributed by atoms with E-state index >= 15 is 0 Å². The monoisotopic (exact) mass is 684 g/mol. The van der Waals surface area contributed by atoms with Gasteiger partial charge in [-0.2, -0.15) is 0 Å². The summed E-state index contributed by atoms with van der Waals surface area (Å²) in [6, 6.07) is 15.5. The van der Waals surface area contributed by atoms with Gasteiger partial charge in [0, 0.05) is 19.8 Å². The standard InChI is InChI=1S/2C11H16ClO2PS3/c2*1-3-13-15(16,14-4-2)18-9-17-11-7-5-10(12)6-8-11/h2*5-8H,3-4,9H2,1-2H3. The number of benzene rings is 2. The predicted molar refractivity (Wildman–Crippen MR) is 175 cm³/mol. The van der Waals surface area contributed by atoms with Crippen molar-refractivity contribution in [1.29, 1.82) is 0 Å². The molecule has 0 N–H and O–H groups in total.